The molecule has 0 spiro atoms. The number of amides is 1. The van der Waals surface area contributed by atoms with Crippen LogP contribution in [0.1, 0.15) is 19.3 Å². The fraction of sp³-hybridized carbons (Fsp3) is 0.500. The molecule has 0 saturated heterocycles. The number of carbonyl (C=O) groups excluding carboxylic acids is 1. The number of nitrogens with zero attached hydrogens (tertiary/aromatic N) is 2. The molecule has 3 N–H and O–H groups in total. The molecule has 1 amide bonds. The van der Waals surface area contributed by atoms with Crippen molar-refractivity contribution in [3.05, 3.63) is 12.4 Å². The van der Waals surface area contributed by atoms with E-state index in [0.29, 0.717) is 5.69 Å². The number of carbonyl (C=O) groups is 1. The lowest BCUT2D eigenvalue weighted by Gasteiger charge is -2.23. The molecule has 1 fully saturated rings. The Morgan fingerprint density at radius 3 is 2.92 bits per heavy atom. The standard InChI is InChI=1S/C8H12N4O/c9-7-4-10-12(5-7)11-8(13)6-2-1-3-6/h4-6H,1-3,9H2,(H,11,13). The van der Waals surface area contributed by atoms with Gasteiger partial charge in [-0.2, -0.15) is 9.89 Å². The number of hydrogen-bond donors (Lipinski definition) is 2. The SMILES string of the molecule is Nc1cnn(NC(=O)C2CCC2)c1. The van der Waals surface area contributed by atoms with Crippen LogP contribution < -0.4 is 11.2 Å². The number of aromatic nitrogens is 2. The fourth-order valence-corrected chi connectivity index (χ4v) is 1.27. The van der Waals surface area contributed by atoms with E-state index in [-0.39, 0.29) is 11.8 Å². The zero-order chi connectivity index (χ0) is 9.26. The van der Waals surface area contributed by atoms with E-state index < -0.39 is 0 Å². The van der Waals surface area contributed by atoms with Gasteiger partial charge in [-0.05, 0) is 12.8 Å². The number of nitrogens with two attached hydrogens (primary N) is 1. The van der Waals surface area contributed by atoms with Gasteiger partial charge in [0.05, 0.1) is 18.1 Å². The van der Waals surface area contributed by atoms with Crippen LogP contribution in [0.5, 0.6) is 0 Å². The minimum Gasteiger partial charge on any atom is -0.396 e. The first-order valence-corrected chi connectivity index (χ1v) is 4.37. The molecule has 5 heteroatoms. The van der Waals surface area contributed by atoms with Crippen LogP contribution in [0, 0.1) is 5.92 Å². The second-order valence-corrected chi connectivity index (χ2v) is 3.32. The number of hydrogen-bond acceptors (Lipinski definition) is 3. The van der Waals surface area contributed by atoms with Crippen LogP contribution in [0.3, 0.4) is 0 Å². The molecule has 0 aromatic carbocycles. The maximum Gasteiger partial charge on any atom is 0.243 e. The van der Waals surface area contributed by atoms with Gasteiger partial charge in [0.1, 0.15) is 0 Å². The number of nitrogens with one attached hydrogen (secondary N) is 1. The Morgan fingerprint density at radius 1 is 1.69 bits per heavy atom. The first-order valence-electron chi connectivity index (χ1n) is 4.37. The summed E-state index contributed by atoms with van der Waals surface area (Å²) in [4.78, 5) is 12.7. The summed E-state index contributed by atoms with van der Waals surface area (Å²) >= 11 is 0. The summed E-state index contributed by atoms with van der Waals surface area (Å²) in [6.45, 7) is 0. The minimum absolute atomic E-state index is 0.0364. The molecule has 0 unspecified atom stereocenters. The molecule has 1 aromatic heterocycles. The highest BCUT2D eigenvalue weighted by atomic mass is 16.2. The van der Waals surface area contributed by atoms with E-state index in [1.807, 2.05) is 0 Å². The maximum atomic E-state index is 11.4. The second-order valence-electron chi connectivity index (χ2n) is 3.32. The van der Waals surface area contributed by atoms with Crippen molar-refractivity contribution in [1.29, 1.82) is 0 Å². The molecule has 70 valence electrons. The summed E-state index contributed by atoms with van der Waals surface area (Å²) in [6.07, 6.45) is 6.21. The summed E-state index contributed by atoms with van der Waals surface area (Å²) in [5.41, 5.74) is 8.64. The molecule has 13 heavy (non-hydrogen) atoms. The van der Waals surface area contributed by atoms with Gasteiger partial charge in [0.15, 0.2) is 0 Å². The van der Waals surface area contributed by atoms with E-state index >= 15 is 0 Å². The lowest BCUT2D eigenvalue weighted by Crippen LogP contribution is -2.33. The summed E-state index contributed by atoms with van der Waals surface area (Å²) in [7, 11) is 0. The Kier molecular flexibility index (Phi) is 1.92. The van der Waals surface area contributed by atoms with Gasteiger partial charge in [-0.1, -0.05) is 6.42 Å². The lowest BCUT2D eigenvalue weighted by atomic mass is 9.85. The predicted octanol–water partition coefficient (Wildman–Crippen LogP) is 0.335. The zero-order valence-electron chi connectivity index (χ0n) is 7.23. The summed E-state index contributed by atoms with van der Waals surface area (Å²) in [5.74, 6) is 0.208. The molecule has 0 aliphatic heterocycles. The van der Waals surface area contributed by atoms with Gasteiger partial charge in [0.2, 0.25) is 5.91 Å². The van der Waals surface area contributed by atoms with Crippen LogP contribution in [0.4, 0.5) is 5.69 Å². The minimum atomic E-state index is 0.0364. The molecule has 5 nitrogen and oxygen atoms in total. The molecule has 0 radical (unpaired) electrons. The van der Waals surface area contributed by atoms with Crippen molar-refractivity contribution in [2.24, 2.45) is 5.92 Å². The third-order valence-corrected chi connectivity index (χ3v) is 2.30. The van der Waals surface area contributed by atoms with E-state index in [0.717, 1.165) is 19.3 Å². The van der Waals surface area contributed by atoms with Crippen molar-refractivity contribution in [1.82, 2.24) is 9.89 Å². The lowest BCUT2D eigenvalue weighted by molar-refractivity contribution is -0.123. The highest BCUT2D eigenvalue weighted by Gasteiger charge is 2.25. The third kappa shape index (κ3) is 1.63. The van der Waals surface area contributed by atoms with E-state index in [4.69, 9.17) is 5.73 Å². The molecule has 1 aromatic rings. The molecule has 1 saturated carbocycles. The van der Waals surface area contributed by atoms with Gasteiger partial charge in [-0.15, -0.1) is 0 Å². The van der Waals surface area contributed by atoms with Crippen LogP contribution >= 0.6 is 0 Å². The zero-order valence-corrected chi connectivity index (χ0v) is 7.23. The normalized spacial score (nSPS) is 16.6. The van der Waals surface area contributed by atoms with E-state index in [9.17, 15) is 4.79 Å². The average Bonchev–Trinajstić information content (AvgIpc) is 2.31. The smallest absolute Gasteiger partial charge is 0.243 e. The highest BCUT2D eigenvalue weighted by Crippen LogP contribution is 2.26. The molecule has 0 bridgehead atoms. The van der Waals surface area contributed by atoms with E-state index in [1.165, 1.54) is 11.0 Å². The van der Waals surface area contributed by atoms with Crippen molar-refractivity contribution in [2.75, 3.05) is 11.2 Å². The van der Waals surface area contributed by atoms with Gasteiger partial charge < -0.3 is 5.73 Å². The first kappa shape index (κ1) is 8.10. The molecule has 1 heterocycles. The molecular weight excluding hydrogens is 168 g/mol. The van der Waals surface area contributed by atoms with Crippen molar-refractivity contribution >= 4 is 11.6 Å². The van der Waals surface area contributed by atoms with Crippen molar-refractivity contribution in [2.45, 2.75) is 19.3 Å². The van der Waals surface area contributed by atoms with Crippen molar-refractivity contribution in [3.8, 4) is 0 Å². The van der Waals surface area contributed by atoms with Gasteiger partial charge in [0.25, 0.3) is 0 Å². The van der Waals surface area contributed by atoms with Crippen LogP contribution in [-0.4, -0.2) is 15.8 Å². The topological polar surface area (TPSA) is 72.9 Å². The summed E-state index contributed by atoms with van der Waals surface area (Å²) in [6, 6.07) is 0. The van der Waals surface area contributed by atoms with E-state index in [1.54, 1.807) is 6.20 Å². The fourth-order valence-electron chi connectivity index (χ4n) is 1.27. The Hall–Kier alpha value is -1.52. The maximum absolute atomic E-state index is 11.4. The molecular formula is C8H12N4O. The largest absolute Gasteiger partial charge is 0.396 e. The molecule has 0 atom stereocenters. The number of anilines is 1. The molecule has 1 aliphatic carbocycles. The Balaban J connectivity index is 1.93. The monoisotopic (exact) mass is 180 g/mol. The molecule has 2 rings (SSSR count). The van der Waals surface area contributed by atoms with Crippen LogP contribution in [0.25, 0.3) is 0 Å². The van der Waals surface area contributed by atoms with Crippen molar-refractivity contribution < 1.29 is 4.79 Å². The molecule has 1 aliphatic rings. The highest BCUT2D eigenvalue weighted by molar-refractivity contribution is 5.86. The van der Waals surface area contributed by atoms with Crippen LogP contribution in [0.2, 0.25) is 0 Å². The van der Waals surface area contributed by atoms with Gasteiger partial charge in [-0.25, -0.2) is 5.43 Å². The second kappa shape index (κ2) is 3.08. The predicted molar refractivity (Wildman–Crippen MR) is 48.3 cm³/mol. The van der Waals surface area contributed by atoms with Gasteiger partial charge >= 0.3 is 0 Å². The van der Waals surface area contributed by atoms with Crippen molar-refractivity contribution in [3.63, 3.8) is 0 Å². The van der Waals surface area contributed by atoms with E-state index in [2.05, 4.69) is 10.5 Å². The summed E-state index contributed by atoms with van der Waals surface area (Å²) in [5, 5.41) is 3.86. The summed E-state index contributed by atoms with van der Waals surface area (Å²) < 4.78 is 0. The quantitative estimate of drug-likeness (QED) is 0.689. The number of rotatable bonds is 2. The van der Waals surface area contributed by atoms with Crippen LogP contribution in [0.15, 0.2) is 12.4 Å². The average molecular weight is 180 g/mol. The van der Waals surface area contributed by atoms with Gasteiger partial charge in [-0.3, -0.25) is 4.79 Å². The third-order valence-electron chi connectivity index (χ3n) is 2.30. The Morgan fingerprint density at radius 2 is 2.46 bits per heavy atom. The van der Waals surface area contributed by atoms with Crippen LogP contribution in [-0.2, 0) is 4.79 Å². The Bertz CT molecular complexity index is 316. The first-order chi connectivity index (χ1) is 6.25. The Labute approximate surface area is 75.9 Å². The number of nitrogen functional groups attached to an aromatic ring is 1. The van der Waals surface area contributed by atoms with Gasteiger partial charge in [0, 0.05) is 5.92 Å².